The highest BCUT2D eigenvalue weighted by Crippen LogP contribution is 2.27. The molecule has 1 amide bonds. The van der Waals surface area contributed by atoms with Crippen molar-refractivity contribution in [2.24, 2.45) is 0 Å². The lowest BCUT2D eigenvalue weighted by atomic mass is 10.1. The number of nitriles is 1. The van der Waals surface area contributed by atoms with Crippen molar-refractivity contribution in [1.29, 1.82) is 5.26 Å². The molecule has 0 heterocycles. The lowest BCUT2D eigenvalue weighted by Crippen LogP contribution is -2.18. The number of carbonyl (C=O) groups is 1. The zero-order chi connectivity index (χ0) is 18.9. The summed E-state index contributed by atoms with van der Waals surface area (Å²) in [7, 11) is 1.49. The molecule has 0 atom stereocenters. The van der Waals surface area contributed by atoms with Crippen molar-refractivity contribution in [1.82, 2.24) is 5.32 Å². The number of halogens is 2. The van der Waals surface area contributed by atoms with Gasteiger partial charge >= 0.3 is 0 Å². The summed E-state index contributed by atoms with van der Waals surface area (Å²) < 4.78 is 17.9. The molecule has 134 valence electrons. The molecule has 2 aromatic rings. The number of ether oxygens (including phenoxy) is 1. The maximum absolute atomic E-state index is 12.8. The topological polar surface area (TPSA) is 74.1 Å². The second-order valence-electron chi connectivity index (χ2n) is 5.30. The maximum Gasteiger partial charge on any atom is 0.267 e. The molecule has 0 spiro atoms. The second kappa shape index (κ2) is 9.44. The predicted octanol–water partition coefficient (Wildman–Crippen LogP) is 3.67. The molecule has 0 fully saturated rings. The van der Waals surface area contributed by atoms with Crippen LogP contribution in [0.2, 0.25) is 5.02 Å². The minimum Gasteiger partial charge on any atom is -0.495 e. The molecule has 0 aliphatic heterocycles. The van der Waals surface area contributed by atoms with Crippen LogP contribution in [-0.4, -0.2) is 19.6 Å². The van der Waals surface area contributed by atoms with Gasteiger partial charge in [-0.3, -0.25) is 4.79 Å². The maximum atomic E-state index is 12.8. The number of nitrogens with zero attached hydrogens (tertiary/aromatic N) is 1. The molecule has 0 saturated carbocycles. The second-order valence-corrected chi connectivity index (χ2v) is 5.71. The Morgan fingerprint density at radius 3 is 2.65 bits per heavy atom. The van der Waals surface area contributed by atoms with Crippen molar-refractivity contribution in [2.45, 2.75) is 6.42 Å². The summed E-state index contributed by atoms with van der Waals surface area (Å²) in [5.41, 5.74) is 1.33. The minimum atomic E-state index is -0.553. The zero-order valence-corrected chi connectivity index (χ0v) is 14.8. The fraction of sp³-hybridized carbons (Fsp3) is 0.158. The normalized spacial score (nSPS) is 10.8. The van der Waals surface area contributed by atoms with Crippen molar-refractivity contribution >= 4 is 23.2 Å². The molecular weight excluding hydrogens is 357 g/mol. The van der Waals surface area contributed by atoms with Gasteiger partial charge in [0, 0.05) is 18.4 Å². The summed E-state index contributed by atoms with van der Waals surface area (Å²) in [5, 5.41) is 15.0. The summed E-state index contributed by atoms with van der Waals surface area (Å²) in [6.45, 7) is 0.498. The van der Waals surface area contributed by atoms with Gasteiger partial charge in [0.2, 0.25) is 0 Å². The number of carbonyl (C=O) groups excluding carboxylic acids is 1. The van der Waals surface area contributed by atoms with Gasteiger partial charge in [-0.2, -0.15) is 5.26 Å². The molecule has 2 aromatic carbocycles. The quantitative estimate of drug-likeness (QED) is 0.441. The molecule has 26 heavy (non-hydrogen) atoms. The van der Waals surface area contributed by atoms with Crippen LogP contribution in [0.5, 0.6) is 5.75 Å². The Morgan fingerprint density at radius 1 is 1.31 bits per heavy atom. The van der Waals surface area contributed by atoms with Crippen LogP contribution in [0.3, 0.4) is 0 Å². The Hall–Kier alpha value is -3.04. The fourth-order valence-corrected chi connectivity index (χ4v) is 2.39. The van der Waals surface area contributed by atoms with Crippen LogP contribution in [0.15, 0.2) is 54.2 Å². The Morgan fingerprint density at radius 2 is 2.04 bits per heavy atom. The first kappa shape index (κ1) is 19.3. The standard InChI is InChI=1S/C19H17ClFN3O2/c1-26-18-7-6-16(10-17(18)20)24-19(25)14(11-22)12-23-9-8-13-2-4-15(21)5-3-13/h2-7,10,12,23H,8-9H2,1H3,(H,24,25)/b14-12-. The molecule has 2 N–H and O–H groups in total. The van der Waals surface area contributed by atoms with Gasteiger partial charge in [-0.05, 0) is 42.3 Å². The molecule has 7 heteroatoms. The van der Waals surface area contributed by atoms with E-state index >= 15 is 0 Å². The number of hydrogen-bond acceptors (Lipinski definition) is 4. The highest BCUT2D eigenvalue weighted by Gasteiger charge is 2.10. The van der Waals surface area contributed by atoms with Gasteiger partial charge in [-0.1, -0.05) is 23.7 Å². The number of anilines is 1. The number of amides is 1. The van der Waals surface area contributed by atoms with E-state index in [2.05, 4.69) is 10.6 Å². The summed E-state index contributed by atoms with van der Waals surface area (Å²) in [6.07, 6.45) is 1.98. The molecule has 0 saturated heterocycles. The van der Waals surface area contributed by atoms with Crippen LogP contribution in [0.1, 0.15) is 5.56 Å². The van der Waals surface area contributed by atoms with Gasteiger partial charge < -0.3 is 15.4 Å². The molecule has 0 aromatic heterocycles. The van der Waals surface area contributed by atoms with E-state index < -0.39 is 5.91 Å². The highest BCUT2D eigenvalue weighted by atomic mass is 35.5. The first-order valence-corrected chi connectivity index (χ1v) is 8.14. The van der Waals surface area contributed by atoms with Crippen molar-refractivity contribution < 1.29 is 13.9 Å². The SMILES string of the molecule is COc1ccc(NC(=O)/C(C#N)=C\NCCc2ccc(F)cc2)cc1Cl. The summed E-state index contributed by atoms with van der Waals surface area (Å²) in [4.78, 5) is 12.2. The third kappa shape index (κ3) is 5.50. The van der Waals surface area contributed by atoms with Gasteiger partial charge in [0.25, 0.3) is 5.91 Å². The van der Waals surface area contributed by atoms with E-state index in [1.54, 1.807) is 24.3 Å². The number of methoxy groups -OCH3 is 1. The van der Waals surface area contributed by atoms with Gasteiger partial charge in [0.1, 0.15) is 23.2 Å². The summed E-state index contributed by atoms with van der Waals surface area (Å²) in [6, 6.07) is 12.8. The molecule has 0 aliphatic rings. The van der Waals surface area contributed by atoms with E-state index in [4.69, 9.17) is 21.6 Å². The average molecular weight is 374 g/mol. The lowest BCUT2D eigenvalue weighted by Gasteiger charge is -2.08. The van der Waals surface area contributed by atoms with Crippen LogP contribution >= 0.6 is 11.6 Å². The molecule has 0 unspecified atom stereocenters. The van der Waals surface area contributed by atoms with Gasteiger partial charge in [0.05, 0.1) is 12.1 Å². The summed E-state index contributed by atoms with van der Waals surface area (Å²) in [5.74, 6) is -0.352. The third-order valence-corrected chi connectivity index (χ3v) is 3.79. The largest absolute Gasteiger partial charge is 0.495 e. The highest BCUT2D eigenvalue weighted by molar-refractivity contribution is 6.32. The average Bonchev–Trinajstić information content (AvgIpc) is 2.63. The Bertz CT molecular complexity index is 845. The predicted molar refractivity (Wildman–Crippen MR) is 98.4 cm³/mol. The van der Waals surface area contributed by atoms with E-state index in [9.17, 15) is 9.18 Å². The van der Waals surface area contributed by atoms with E-state index in [1.807, 2.05) is 6.07 Å². The zero-order valence-electron chi connectivity index (χ0n) is 14.1. The van der Waals surface area contributed by atoms with E-state index in [0.717, 1.165) is 5.56 Å². The van der Waals surface area contributed by atoms with Gasteiger partial charge in [-0.15, -0.1) is 0 Å². The lowest BCUT2D eigenvalue weighted by molar-refractivity contribution is -0.112. The molecule has 0 bridgehead atoms. The summed E-state index contributed by atoms with van der Waals surface area (Å²) >= 11 is 6.01. The minimum absolute atomic E-state index is 0.0731. The Labute approximate surface area is 156 Å². The molecule has 2 rings (SSSR count). The monoisotopic (exact) mass is 373 g/mol. The number of hydrogen-bond donors (Lipinski definition) is 2. The number of rotatable bonds is 7. The van der Waals surface area contributed by atoms with Crippen molar-refractivity contribution in [2.75, 3.05) is 19.0 Å². The van der Waals surface area contributed by atoms with Crippen LogP contribution in [0.4, 0.5) is 10.1 Å². The van der Waals surface area contributed by atoms with Crippen molar-refractivity contribution in [3.05, 3.63) is 70.6 Å². The number of benzene rings is 2. The Kier molecular flexibility index (Phi) is 7.01. The Balaban J connectivity index is 1.91. The van der Waals surface area contributed by atoms with Crippen LogP contribution in [-0.2, 0) is 11.2 Å². The molecule has 5 nitrogen and oxygen atoms in total. The van der Waals surface area contributed by atoms with Gasteiger partial charge in [0.15, 0.2) is 0 Å². The van der Waals surface area contributed by atoms with Gasteiger partial charge in [-0.25, -0.2) is 4.39 Å². The van der Waals surface area contributed by atoms with Crippen LogP contribution in [0.25, 0.3) is 0 Å². The first-order valence-electron chi connectivity index (χ1n) is 7.76. The fourth-order valence-electron chi connectivity index (χ4n) is 2.13. The van der Waals surface area contributed by atoms with Crippen LogP contribution < -0.4 is 15.4 Å². The first-order chi connectivity index (χ1) is 12.5. The van der Waals surface area contributed by atoms with Crippen molar-refractivity contribution in [3.8, 4) is 11.8 Å². The van der Waals surface area contributed by atoms with Crippen LogP contribution in [0, 0.1) is 17.1 Å². The van der Waals surface area contributed by atoms with E-state index in [0.29, 0.717) is 29.4 Å². The molecular formula is C19H17ClFN3O2. The van der Waals surface area contributed by atoms with E-state index in [1.165, 1.54) is 31.5 Å². The number of nitrogens with one attached hydrogen (secondary N) is 2. The third-order valence-electron chi connectivity index (χ3n) is 3.49. The van der Waals surface area contributed by atoms with E-state index in [-0.39, 0.29) is 11.4 Å². The van der Waals surface area contributed by atoms with Crippen molar-refractivity contribution in [3.63, 3.8) is 0 Å². The molecule has 0 aliphatic carbocycles. The molecule has 0 radical (unpaired) electrons. The smallest absolute Gasteiger partial charge is 0.267 e.